The van der Waals surface area contributed by atoms with Gasteiger partial charge in [0.05, 0.1) is 45.7 Å². The van der Waals surface area contributed by atoms with Crippen molar-refractivity contribution in [1.29, 1.82) is 10.5 Å². The molecule has 0 unspecified atom stereocenters. The van der Waals surface area contributed by atoms with Gasteiger partial charge < -0.3 is 4.57 Å². The third-order valence-corrected chi connectivity index (χ3v) is 7.59. The summed E-state index contributed by atoms with van der Waals surface area (Å²) in [5.41, 5.74) is 8.14. The molecule has 4 aromatic carbocycles. The van der Waals surface area contributed by atoms with Crippen molar-refractivity contribution < 1.29 is 0 Å². The highest BCUT2D eigenvalue weighted by Crippen LogP contribution is 2.38. The maximum atomic E-state index is 9.89. The van der Waals surface area contributed by atoms with E-state index in [2.05, 4.69) is 88.9 Å². The molecule has 7 heteroatoms. The van der Waals surface area contributed by atoms with Gasteiger partial charge in [-0.05, 0) is 56.7 Å². The van der Waals surface area contributed by atoms with E-state index in [0.717, 1.165) is 33.8 Å². The Hall–Kier alpha value is -5.79. The highest BCUT2D eigenvalue weighted by molar-refractivity contribution is 6.09. The number of fused-ring (bicyclic) bond motifs is 4. The number of nitrogens with zero attached hydrogens (tertiary/aromatic N) is 7. The van der Waals surface area contributed by atoms with E-state index in [1.165, 1.54) is 10.8 Å². The van der Waals surface area contributed by atoms with Crippen LogP contribution in [0, 0.1) is 43.4 Å². The summed E-state index contributed by atoms with van der Waals surface area (Å²) in [6.07, 6.45) is 0. The van der Waals surface area contributed by atoms with Crippen molar-refractivity contribution in [2.75, 3.05) is 0 Å². The predicted molar refractivity (Wildman–Crippen MR) is 160 cm³/mol. The number of para-hydroxylation sites is 3. The van der Waals surface area contributed by atoms with Crippen LogP contribution in [0.3, 0.4) is 0 Å². The van der Waals surface area contributed by atoms with Crippen molar-refractivity contribution >= 4 is 33.0 Å². The molecule has 7 aromatic rings. The van der Waals surface area contributed by atoms with E-state index in [-0.39, 0.29) is 0 Å². The van der Waals surface area contributed by atoms with Gasteiger partial charge in [0, 0.05) is 16.3 Å². The third kappa shape index (κ3) is 3.53. The Morgan fingerprint density at radius 1 is 0.634 bits per heavy atom. The van der Waals surface area contributed by atoms with Crippen LogP contribution in [-0.2, 0) is 0 Å². The van der Waals surface area contributed by atoms with Gasteiger partial charge in [0.15, 0.2) is 5.65 Å². The fourth-order valence-corrected chi connectivity index (χ4v) is 5.91. The molecule has 0 saturated carbocycles. The minimum Gasteiger partial charge on any atom is -0.307 e. The molecule has 0 aliphatic heterocycles. The molecule has 0 atom stereocenters. The molecule has 194 valence electrons. The zero-order valence-corrected chi connectivity index (χ0v) is 22.7. The van der Waals surface area contributed by atoms with Crippen LogP contribution >= 0.6 is 0 Å². The molecule has 0 aliphatic rings. The van der Waals surface area contributed by atoms with Gasteiger partial charge >= 0.3 is 0 Å². The Morgan fingerprint density at radius 3 is 1.88 bits per heavy atom. The van der Waals surface area contributed by atoms with Gasteiger partial charge in [0.1, 0.15) is 22.9 Å². The Morgan fingerprint density at radius 2 is 1.24 bits per heavy atom. The number of benzene rings is 4. The fourth-order valence-electron chi connectivity index (χ4n) is 5.91. The molecule has 0 N–H and O–H groups in total. The van der Waals surface area contributed by atoms with Gasteiger partial charge in [-0.1, -0.05) is 54.6 Å². The number of imidazole rings is 1. The number of aryl methyl sites for hydroxylation is 3. The zero-order valence-electron chi connectivity index (χ0n) is 22.7. The molecule has 0 amide bonds. The second kappa shape index (κ2) is 9.15. The molecule has 0 fully saturated rings. The van der Waals surface area contributed by atoms with Crippen LogP contribution in [-0.4, -0.2) is 24.1 Å². The molecule has 41 heavy (non-hydrogen) atoms. The summed E-state index contributed by atoms with van der Waals surface area (Å²) in [5.74, 6) is 1.25. The Labute approximate surface area is 236 Å². The first kappa shape index (κ1) is 24.3. The summed E-state index contributed by atoms with van der Waals surface area (Å²) in [7, 11) is 0. The minimum absolute atomic E-state index is 0.372. The van der Waals surface area contributed by atoms with Gasteiger partial charge in [0.25, 0.3) is 0 Å². The maximum Gasteiger partial charge on any atom is 0.169 e. The maximum absolute atomic E-state index is 9.89. The van der Waals surface area contributed by atoms with E-state index in [9.17, 15) is 10.5 Å². The summed E-state index contributed by atoms with van der Waals surface area (Å²) in [6, 6.07) is 32.7. The monoisotopic (exact) mass is 529 g/mol. The summed E-state index contributed by atoms with van der Waals surface area (Å²) in [5, 5.41) is 22.2. The lowest BCUT2D eigenvalue weighted by atomic mass is 9.98. The SMILES string of the molecule is Cc1nc(-c2c(C#N)cccc2C#N)c2nc(C)n(-c3cccc(C)c3-n3c4ccccc4c4ccccc43)c2n1. The Balaban J connectivity index is 1.59. The first-order valence-corrected chi connectivity index (χ1v) is 13.3. The van der Waals surface area contributed by atoms with Crippen molar-refractivity contribution in [3.8, 4) is 34.8 Å². The number of rotatable bonds is 3. The molecule has 3 heterocycles. The molecule has 0 radical (unpaired) electrons. The van der Waals surface area contributed by atoms with Crippen LogP contribution < -0.4 is 0 Å². The zero-order chi connectivity index (χ0) is 28.2. The molecule has 7 nitrogen and oxygen atoms in total. The molecule has 3 aromatic heterocycles. The molecule has 0 bridgehead atoms. The second-order valence-electron chi connectivity index (χ2n) is 10.1. The van der Waals surface area contributed by atoms with Crippen LogP contribution in [0.2, 0.25) is 0 Å². The lowest BCUT2D eigenvalue weighted by Gasteiger charge is -2.18. The average molecular weight is 530 g/mol. The lowest BCUT2D eigenvalue weighted by molar-refractivity contribution is 0.956. The lowest BCUT2D eigenvalue weighted by Crippen LogP contribution is -2.08. The van der Waals surface area contributed by atoms with Crippen molar-refractivity contribution in [1.82, 2.24) is 24.1 Å². The van der Waals surface area contributed by atoms with Crippen molar-refractivity contribution in [3.05, 3.63) is 113 Å². The number of hydrogen-bond donors (Lipinski definition) is 0. The Bertz CT molecular complexity index is 2190. The summed E-state index contributed by atoms with van der Waals surface area (Å²) >= 11 is 0. The van der Waals surface area contributed by atoms with Gasteiger partial charge in [-0.15, -0.1) is 0 Å². The van der Waals surface area contributed by atoms with Gasteiger partial charge in [0.2, 0.25) is 0 Å². The van der Waals surface area contributed by atoms with E-state index in [1.807, 2.05) is 19.9 Å². The molecule has 7 rings (SSSR count). The first-order chi connectivity index (χ1) is 20.0. The second-order valence-corrected chi connectivity index (χ2v) is 10.1. The van der Waals surface area contributed by atoms with Gasteiger partial charge in [-0.25, -0.2) is 15.0 Å². The summed E-state index contributed by atoms with van der Waals surface area (Å²) in [6.45, 7) is 5.88. The smallest absolute Gasteiger partial charge is 0.169 e. The van der Waals surface area contributed by atoms with Gasteiger partial charge in [-0.2, -0.15) is 10.5 Å². The predicted octanol–water partition coefficient (Wildman–Crippen LogP) is 7.25. The number of aromatic nitrogens is 5. The van der Waals surface area contributed by atoms with Crippen LogP contribution in [0.15, 0.2) is 84.9 Å². The molecular formula is C34H23N7. The number of nitriles is 2. The van der Waals surface area contributed by atoms with Crippen molar-refractivity contribution in [2.45, 2.75) is 20.8 Å². The minimum atomic E-state index is 0.372. The van der Waals surface area contributed by atoms with Crippen LogP contribution in [0.4, 0.5) is 0 Å². The Kier molecular flexibility index (Phi) is 5.42. The summed E-state index contributed by atoms with van der Waals surface area (Å²) < 4.78 is 4.37. The normalized spacial score (nSPS) is 11.2. The third-order valence-electron chi connectivity index (χ3n) is 7.59. The van der Waals surface area contributed by atoms with E-state index in [4.69, 9.17) is 15.0 Å². The van der Waals surface area contributed by atoms with E-state index < -0.39 is 0 Å². The highest BCUT2D eigenvalue weighted by atomic mass is 15.2. The van der Waals surface area contributed by atoms with E-state index >= 15 is 0 Å². The van der Waals surface area contributed by atoms with Crippen LogP contribution in [0.1, 0.15) is 28.3 Å². The van der Waals surface area contributed by atoms with E-state index in [0.29, 0.717) is 39.4 Å². The van der Waals surface area contributed by atoms with Crippen molar-refractivity contribution in [3.63, 3.8) is 0 Å². The topological polar surface area (TPSA) is 96.1 Å². The largest absolute Gasteiger partial charge is 0.307 e. The standard InChI is InChI=1S/C34H23N7/c1-20-10-8-17-29(33(20)41-27-15-6-4-13-25(27)26-14-5-7-16-28(26)41)40-22(3)39-32-31(37-21(2)38-34(32)40)30-23(18-35)11-9-12-24(30)19-36/h4-17H,1-3H3. The molecule has 0 saturated heterocycles. The fraction of sp³-hybridized carbons (Fsp3) is 0.0882. The van der Waals surface area contributed by atoms with Gasteiger partial charge in [-0.3, -0.25) is 4.57 Å². The highest BCUT2D eigenvalue weighted by Gasteiger charge is 2.24. The molecule has 0 spiro atoms. The quantitative estimate of drug-likeness (QED) is 0.240. The summed E-state index contributed by atoms with van der Waals surface area (Å²) in [4.78, 5) is 14.5. The molecular weight excluding hydrogens is 506 g/mol. The van der Waals surface area contributed by atoms with E-state index in [1.54, 1.807) is 18.2 Å². The van der Waals surface area contributed by atoms with Crippen LogP contribution in [0.25, 0.3) is 55.6 Å². The van der Waals surface area contributed by atoms with Crippen molar-refractivity contribution in [2.24, 2.45) is 0 Å². The first-order valence-electron chi connectivity index (χ1n) is 13.3. The van der Waals surface area contributed by atoms with Crippen LogP contribution in [0.5, 0.6) is 0 Å². The molecule has 0 aliphatic carbocycles. The number of hydrogen-bond acceptors (Lipinski definition) is 5. The average Bonchev–Trinajstić information content (AvgIpc) is 3.50.